The first-order chi connectivity index (χ1) is 4.00. The fourth-order valence-electron chi connectivity index (χ4n) is 0. The van der Waals surface area contributed by atoms with Crippen LogP contribution in [0.15, 0.2) is 0 Å². The van der Waals surface area contributed by atoms with Crippen molar-refractivity contribution in [3.05, 3.63) is 26.3 Å². The van der Waals surface area contributed by atoms with Crippen LogP contribution in [0.1, 0.15) is 41.5 Å². The van der Waals surface area contributed by atoms with Gasteiger partial charge in [-0.05, 0) is 0 Å². The molecule has 0 atom stereocenters. The first-order valence-corrected chi connectivity index (χ1v) is 3.50. The molecule has 0 unspecified atom stereocenters. The number of hydrogen-bond donors (Lipinski definition) is 0. The van der Waals surface area contributed by atoms with Crippen LogP contribution in [-0.2, 0) is 21.7 Å². The van der Waals surface area contributed by atoms with E-state index in [1.54, 1.807) is 0 Å². The monoisotopic (exact) mass is 222 g/mol. The molecule has 2 nitrogen and oxygen atoms in total. The van der Waals surface area contributed by atoms with Crippen molar-refractivity contribution in [2.75, 3.05) is 0 Å². The van der Waals surface area contributed by atoms with Crippen molar-refractivity contribution < 1.29 is 21.7 Å². The first-order valence-electron chi connectivity index (χ1n) is 3.50. The molecule has 80 valence electrons. The molecule has 0 spiro atoms. The van der Waals surface area contributed by atoms with Crippen LogP contribution < -0.4 is 0 Å². The maximum Gasteiger partial charge on any atom is 4.00 e. The molecule has 0 aliphatic rings. The second-order valence-electron chi connectivity index (χ2n) is 4.50. The topological polar surface area (TPSA) is 47.6 Å². The molecule has 0 aromatic heterocycles. The Kier molecular flexibility index (Phi) is 24.1. The average molecular weight is 222 g/mol. The van der Waals surface area contributed by atoms with Crippen molar-refractivity contribution in [2.45, 2.75) is 52.6 Å². The summed E-state index contributed by atoms with van der Waals surface area (Å²) in [5.41, 5.74) is 13.4. The Hall–Kier alpha value is 0.634. The van der Waals surface area contributed by atoms with Gasteiger partial charge >= 0.3 is 21.7 Å². The van der Waals surface area contributed by atoms with Gasteiger partial charge in [-0.3, -0.25) is 0 Å². The zero-order valence-electron chi connectivity index (χ0n) is 10.5. The van der Waals surface area contributed by atoms with Crippen molar-refractivity contribution in [1.29, 1.82) is 0 Å². The Labute approximate surface area is 101 Å². The van der Waals surface area contributed by atoms with Crippen LogP contribution in [0.2, 0.25) is 0 Å². The standard InChI is InChI=1S/2C4H10N.2CH3.Ti/c2*1-4(2,3)5;;;/h2*5H,1-3H3;2*1H3;/q4*-1;+4. The van der Waals surface area contributed by atoms with Crippen LogP contribution in [0.5, 0.6) is 0 Å². The predicted molar refractivity (Wildman–Crippen MR) is 61.0 cm³/mol. The van der Waals surface area contributed by atoms with Crippen molar-refractivity contribution in [2.24, 2.45) is 0 Å². The van der Waals surface area contributed by atoms with Gasteiger partial charge in [0.1, 0.15) is 0 Å². The molecule has 0 aromatic rings. The molecule has 3 heteroatoms. The number of nitrogens with one attached hydrogen (secondary N) is 2. The van der Waals surface area contributed by atoms with E-state index in [4.69, 9.17) is 11.5 Å². The normalized spacial score (nSPS) is 9.23. The van der Waals surface area contributed by atoms with E-state index in [1.807, 2.05) is 41.5 Å². The zero-order chi connectivity index (χ0) is 9.00. The van der Waals surface area contributed by atoms with Gasteiger partial charge in [-0.25, -0.2) is 0 Å². The van der Waals surface area contributed by atoms with E-state index in [9.17, 15) is 0 Å². The summed E-state index contributed by atoms with van der Waals surface area (Å²) < 4.78 is 0. The van der Waals surface area contributed by atoms with Gasteiger partial charge in [-0.1, -0.05) is 41.5 Å². The maximum atomic E-state index is 6.94. The van der Waals surface area contributed by atoms with Gasteiger partial charge in [0.25, 0.3) is 0 Å². The average Bonchev–Trinajstić information content (AvgIpc) is 1.12. The summed E-state index contributed by atoms with van der Waals surface area (Å²) >= 11 is 0. The summed E-state index contributed by atoms with van der Waals surface area (Å²) in [6.07, 6.45) is 0. The molecule has 0 aliphatic heterocycles. The molecule has 2 N–H and O–H groups in total. The molecule has 13 heavy (non-hydrogen) atoms. The molecule has 0 aliphatic carbocycles. The van der Waals surface area contributed by atoms with E-state index in [-0.39, 0.29) is 47.6 Å². The second kappa shape index (κ2) is 10.7. The van der Waals surface area contributed by atoms with Crippen LogP contribution in [0.25, 0.3) is 11.5 Å². The van der Waals surface area contributed by atoms with Gasteiger partial charge in [-0.2, -0.15) is 0 Å². The Balaban J connectivity index is -0.0000000267. The zero-order valence-corrected chi connectivity index (χ0v) is 12.1. The number of rotatable bonds is 0. The molecule has 0 bridgehead atoms. The smallest absolute Gasteiger partial charge is 0.673 e. The first kappa shape index (κ1) is 29.2. The van der Waals surface area contributed by atoms with Crippen LogP contribution >= 0.6 is 0 Å². The summed E-state index contributed by atoms with van der Waals surface area (Å²) in [6.45, 7) is 11.1. The summed E-state index contributed by atoms with van der Waals surface area (Å²) in [7, 11) is 0. The summed E-state index contributed by atoms with van der Waals surface area (Å²) in [5, 5.41) is 0. The van der Waals surface area contributed by atoms with E-state index < -0.39 is 0 Å². The van der Waals surface area contributed by atoms with E-state index in [2.05, 4.69) is 0 Å². The van der Waals surface area contributed by atoms with E-state index in [1.165, 1.54) is 0 Å². The third kappa shape index (κ3) is 3550. The fraction of sp³-hybridized carbons (Fsp3) is 0.800. The fourth-order valence-corrected chi connectivity index (χ4v) is 0. The van der Waals surface area contributed by atoms with E-state index >= 15 is 0 Å². The summed E-state index contributed by atoms with van der Waals surface area (Å²) in [5.74, 6) is 0. The molecule has 0 saturated carbocycles. The number of hydrogen-bond acceptors (Lipinski definition) is 0. The van der Waals surface area contributed by atoms with Gasteiger partial charge in [0, 0.05) is 0 Å². The molecular formula is C10H26N2Ti. The van der Waals surface area contributed by atoms with Gasteiger partial charge in [0.15, 0.2) is 0 Å². The third-order valence-electron chi connectivity index (χ3n) is 0. The Morgan fingerprint density at radius 2 is 0.615 bits per heavy atom. The van der Waals surface area contributed by atoms with Crippen LogP contribution in [0.4, 0.5) is 0 Å². The maximum absolute atomic E-state index is 6.94. The second-order valence-corrected chi connectivity index (χ2v) is 4.50. The predicted octanol–water partition coefficient (Wildman–Crippen LogP) is 4.57. The van der Waals surface area contributed by atoms with E-state index in [0.717, 1.165) is 0 Å². The van der Waals surface area contributed by atoms with Crippen LogP contribution in [-0.4, -0.2) is 11.1 Å². The Bertz CT molecular complexity index is 55.9. The molecule has 0 saturated heterocycles. The Morgan fingerprint density at radius 1 is 0.615 bits per heavy atom. The largest absolute Gasteiger partial charge is 4.00 e. The minimum Gasteiger partial charge on any atom is -0.673 e. The quantitative estimate of drug-likeness (QED) is 0.425. The molecule has 0 rings (SSSR count). The third-order valence-corrected chi connectivity index (χ3v) is 0. The van der Waals surface area contributed by atoms with Gasteiger partial charge < -0.3 is 26.3 Å². The van der Waals surface area contributed by atoms with E-state index in [0.29, 0.717) is 0 Å². The minimum absolute atomic E-state index is 0. The molecule has 0 heterocycles. The molecular weight excluding hydrogens is 196 g/mol. The summed E-state index contributed by atoms with van der Waals surface area (Å²) in [4.78, 5) is 0. The van der Waals surface area contributed by atoms with Crippen molar-refractivity contribution >= 4 is 0 Å². The van der Waals surface area contributed by atoms with Crippen LogP contribution in [0.3, 0.4) is 0 Å². The van der Waals surface area contributed by atoms with Crippen molar-refractivity contribution in [3.8, 4) is 0 Å². The van der Waals surface area contributed by atoms with Crippen molar-refractivity contribution in [3.63, 3.8) is 0 Å². The summed E-state index contributed by atoms with van der Waals surface area (Å²) in [6, 6.07) is 0. The molecule has 0 radical (unpaired) electrons. The van der Waals surface area contributed by atoms with Gasteiger partial charge in [0.05, 0.1) is 0 Å². The molecule has 0 amide bonds. The van der Waals surface area contributed by atoms with Crippen molar-refractivity contribution in [1.82, 2.24) is 0 Å². The Morgan fingerprint density at radius 3 is 0.615 bits per heavy atom. The minimum atomic E-state index is -0.250. The molecule has 0 fully saturated rings. The SMILES string of the molecule is CC(C)(C)[NH-].CC(C)(C)[NH-].[CH3-].[CH3-].[Ti+4]. The molecule has 0 aromatic carbocycles. The van der Waals surface area contributed by atoms with Crippen LogP contribution in [0, 0.1) is 14.9 Å². The van der Waals surface area contributed by atoms with Gasteiger partial charge in [0.2, 0.25) is 0 Å². The van der Waals surface area contributed by atoms with Gasteiger partial charge in [-0.15, -0.1) is 11.1 Å².